The van der Waals surface area contributed by atoms with Gasteiger partial charge in [-0.15, -0.1) is 0 Å². The lowest BCUT2D eigenvalue weighted by Crippen LogP contribution is -2.34. The Bertz CT molecular complexity index is 807. The van der Waals surface area contributed by atoms with Crippen molar-refractivity contribution >= 4 is 45.1 Å². The number of urea groups is 1. The van der Waals surface area contributed by atoms with Gasteiger partial charge in [-0.1, -0.05) is 11.6 Å². The van der Waals surface area contributed by atoms with Crippen LogP contribution in [-0.2, 0) is 10.0 Å². The number of sulfonamides is 1. The molecule has 9 nitrogen and oxygen atoms in total. The molecular weight excluding hydrogens is 354 g/mol. The van der Waals surface area contributed by atoms with Crippen molar-refractivity contribution in [2.24, 2.45) is 0 Å². The predicted molar refractivity (Wildman–Crippen MR) is 79.8 cm³/mol. The topological polar surface area (TPSA) is 123 Å². The average Bonchev–Trinajstić information content (AvgIpc) is 2.84. The molecule has 2 N–H and O–H groups in total. The molecule has 2 rings (SSSR count). The van der Waals surface area contributed by atoms with Crippen LogP contribution in [0.5, 0.6) is 5.88 Å². The van der Waals surface area contributed by atoms with E-state index in [-0.39, 0.29) is 21.9 Å². The van der Waals surface area contributed by atoms with Gasteiger partial charge in [0.25, 0.3) is 10.0 Å². The normalized spacial score (nSPS) is 11.0. The van der Waals surface area contributed by atoms with Gasteiger partial charge in [0.05, 0.1) is 7.11 Å². The minimum absolute atomic E-state index is 0.0981. The number of carbonyl (C=O) groups is 1. The monoisotopic (exact) mass is 363 g/mol. The Kier molecular flexibility index (Phi) is 4.78. The van der Waals surface area contributed by atoms with Gasteiger partial charge >= 0.3 is 6.03 Å². The van der Waals surface area contributed by atoms with Gasteiger partial charge in [0.1, 0.15) is 4.90 Å². The Hall–Kier alpha value is -1.98. The second-order valence-electron chi connectivity index (χ2n) is 3.90. The lowest BCUT2D eigenvalue weighted by Gasteiger charge is -2.08. The molecule has 22 heavy (non-hydrogen) atoms. The quantitative estimate of drug-likeness (QED) is 0.841. The molecule has 0 aliphatic rings. The minimum Gasteiger partial charge on any atom is -0.481 e. The van der Waals surface area contributed by atoms with Crippen LogP contribution in [0.4, 0.5) is 10.7 Å². The number of anilines is 1. The highest BCUT2D eigenvalue weighted by atomic mass is 35.5. The van der Waals surface area contributed by atoms with Gasteiger partial charge in [-0.05, 0) is 18.5 Å². The number of amides is 2. The molecule has 0 saturated heterocycles. The van der Waals surface area contributed by atoms with Gasteiger partial charge in [0.2, 0.25) is 11.8 Å². The first-order valence-electron chi connectivity index (χ1n) is 5.65. The van der Waals surface area contributed by atoms with Gasteiger partial charge in [0.15, 0.2) is 5.15 Å². The van der Waals surface area contributed by atoms with E-state index in [9.17, 15) is 13.2 Å². The van der Waals surface area contributed by atoms with E-state index < -0.39 is 16.1 Å². The van der Waals surface area contributed by atoms with Crippen molar-refractivity contribution in [3.8, 4) is 5.88 Å². The van der Waals surface area contributed by atoms with Crippen molar-refractivity contribution in [2.45, 2.75) is 11.8 Å². The molecule has 118 valence electrons. The Morgan fingerprint density at radius 2 is 2.14 bits per heavy atom. The van der Waals surface area contributed by atoms with E-state index in [2.05, 4.69) is 19.7 Å². The third-order valence-electron chi connectivity index (χ3n) is 2.28. The third-order valence-corrected chi connectivity index (χ3v) is 4.90. The zero-order chi connectivity index (χ0) is 16.3. The Morgan fingerprint density at radius 1 is 1.41 bits per heavy atom. The number of aromatic nitrogens is 3. The molecule has 0 aromatic carbocycles. The molecule has 0 unspecified atom stereocenters. The van der Waals surface area contributed by atoms with Crippen LogP contribution in [0.3, 0.4) is 0 Å². The summed E-state index contributed by atoms with van der Waals surface area (Å²) in [6.45, 7) is 1.67. The van der Waals surface area contributed by atoms with Crippen molar-refractivity contribution in [1.29, 1.82) is 0 Å². The summed E-state index contributed by atoms with van der Waals surface area (Å²) in [5.41, 5.74) is 0.537. The van der Waals surface area contributed by atoms with Crippen molar-refractivity contribution in [3.63, 3.8) is 0 Å². The maximum absolute atomic E-state index is 11.9. The van der Waals surface area contributed by atoms with Crippen LogP contribution in [0.25, 0.3) is 0 Å². The SMILES string of the molecule is COc1cc(C)nc(NC(=O)NS(=O)(=O)c2csnc2Cl)n1. The number of hydrogen-bond acceptors (Lipinski definition) is 8. The second kappa shape index (κ2) is 6.42. The van der Waals surface area contributed by atoms with Crippen LogP contribution in [0.1, 0.15) is 5.69 Å². The van der Waals surface area contributed by atoms with E-state index in [0.717, 1.165) is 11.5 Å². The number of carbonyl (C=O) groups excluding carboxylic acids is 1. The second-order valence-corrected chi connectivity index (χ2v) is 6.54. The third kappa shape index (κ3) is 3.81. The highest BCUT2D eigenvalue weighted by molar-refractivity contribution is 7.90. The fourth-order valence-electron chi connectivity index (χ4n) is 1.39. The summed E-state index contributed by atoms with van der Waals surface area (Å²) in [6.07, 6.45) is 0. The van der Waals surface area contributed by atoms with Crippen molar-refractivity contribution in [3.05, 3.63) is 22.3 Å². The zero-order valence-electron chi connectivity index (χ0n) is 11.3. The number of nitrogens with zero attached hydrogens (tertiary/aromatic N) is 3. The van der Waals surface area contributed by atoms with Crippen molar-refractivity contribution in [1.82, 2.24) is 19.1 Å². The molecule has 0 radical (unpaired) electrons. The smallest absolute Gasteiger partial charge is 0.335 e. The Labute approximate surface area is 134 Å². The van der Waals surface area contributed by atoms with E-state index in [1.54, 1.807) is 17.7 Å². The van der Waals surface area contributed by atoms with Crippen molar-refractivity contribution < 1.29 is 17.9 Å². The number of ether oxygens (including phenoxy) is 1. The number of methoxy groups -OCH3 is 1. The summed E-state index contributed by atoms with van der Waals surface area (Å²) < 4.78 is 34.2. The molecule has 0 atom stereocenters. The van der Waals surface area contributed by atoms with E-state index >= 15 is 0 Å². The van der Waals surface area contributed by atoms with E-state index in [0.29, 0.717) is 5.69 Å². The fourth-order valence-corrected chi connectivity index (χ4v) is 3.75. The van der Waals surface area contributed by atoms with Crippen LogP contribution in [0, 0.1) is 6.92 Å². The van der Waals surface area contributed by atoms with Gasteiger partial charge < -0.3 is 4.74 Å². The minimum atomic E-state index is -4.13. The van der Waals surface area contributed by atoms with Gasteiger partial charge in [-0.3, -0.25) is 5.32 Å². The van der Waals surface area contributed by atoms with E-state index in [1.165, 1.54) is 12.5 Å². The fraction of sp³-hybridized carbons (Fsp3) is 0.200. The zero-order valence-corrected chi connectivity index (χ0v) is 13.7. The molecule has 0 fully saturated rings. The number of aryl methyl sites for hydroxylation is 1. The Morgan fingerprint density at radius 3 is 2.73 bits per heavy atom. The lowest BCUT2D eigenvalue weighted by atomic mass is 10.4. The number of halogens is 1. The molecule has 0 saturated carbocycles. The highest BCUT2D eigenvalue weighted by Gasteiger charge is 2.23. The maximum Gasteiger partial charge on any atom is 0.335 e. The van der Waals surface area contributed by atoms with Gasteiger partial charge in [0, 0.05) is 17.1 Å². The van der Waals surface area contributed by atoms with Crippen LogP contribution in [0.2, 0.25) is 5.15 Å². The van der Waals surface area contributed by atoms with Crippen LogP contribution in [0.15, 0.2) is 16.3 Å². The highest BCUT2D eigenvalue weighted by Crippen LogP contribution is 2.21. The number of rotatable bonds is 4. The first-order chi connectivity index (χ1) is 10.3. The standard InChI is InChI=1S/C10H10ClN5O4S2/c1-5-3-7(20-2)13-9(12-5)14-10(17)16-22(18,19)6-4-21-15-8(6)11/h3-4H,1-2H3,(H2,12,13,14,16,17). The summed E-state index contributed by atoms with van der Waals surface area (Å²) in [7, 11) is -2.72. The molecule has 12 heteroatoms. The number of nitrogens with one attached hydrogen (secondary N) is 2. The molecule has 0 bridgehead atoms. The van der Waals surface area contributed by atoms with Crippen molar-refractivity contribution in [2.75, 3.05) is 12.4 Å². The first-order valence-corrected chi connectivity index (χ1v) is 8.35. The van der Waals surface area contributed by atoms with Crippen LogP contribution < -0.4 is 14.8 Å². The van der Waals surface area contributed by atoms with Crippen LogP contribution >= 0.6 is 23.1 Å². The lowest BCUT2D eigenvalue weighted by molar-refractivity contribution is 0.256. The first kappa shape index (κ1) is 16.4. The molecule has 0 spiro atoms. The van der Waals surface area contributed by atoms with E-state index in [4.69, 9.17) is 16.3 Å². The summed E-state index contributed by atoms with van der Waals surface area (Å²) in [5.74, 6) is 0.134. The molecule has 2 heterocycles. The van der Waals surface area contributed by atoms with Gasteiger partial charge in [-0.2, -0.15) is 9.36 Å². The molecule has 2 aromatic rings. The molecule has 2 aromatic heterocycles. The Balaban J connectivity index is 2.14. The number of hydrogen-bond donors (Lipinski definition) is 2. The summed E-state index contributed by atoms with van der Waals surface area (Å²) >= 11 is 6.49. The van der Waals surface area contributed by atoms with Gasteiger partial charge in [-0.25, -0.2) is 22.9 Å². The molecule has 0 aliphatic heterocycles. The molecule has 2 amide bonds. The largest absolute Gasteiger partial charge is 0.481 e. The summed E-state index contributed by atoms with van der Waals surface area (Å²) in [5, 5.41) is 3.21. The molecular formula is C10H10ClN5O4S2. The molecule has 0 aliphatic carbocycles. The average molecular weight is 364 g/mol. The summed E-state index contributed by atoms with van der Waals surface area (Å²) in [4.78, 5) is 19.3. The summed E-state index contributed by atoms with van der Waals surface area (Å²) in [6, 6.07) is 0.520. The maximum atomic E-state index is 11.9. The predicted octanol–water partition coefficient (Wildman–Crippen LogP) is 1.41. The van der Waals surface area contributed by atoms with E-state index in [1.807, 2.05) is 0 Å². The van der Waals surface area contributed by atoms with Crippen LogP contribution in [-0.4, -0.2) is 35.9 Å².